The number of aromatic nitrogens is 2. The molecule has 0 aliphatic carbocycles. The molecule has 0 bridgehead atoms. The van der Waals surface area contributed by atoms with Crippen molar-refractivity contribution < 1.29 is 4.52 Å². The van der Waals surface area contributed by atoms with Crippen molar-refractivity contribution in [3.05, 3.63) is 47.1 Å². The van der Waals surface area contributed by atoms with Gasteiger partial charge in [0.15, 0.2) is 5.82 Å². The lowest BCUT2D eigenvalue weighted by Crippen LogP contribution is -2.11. The van der Waals surface area contributed by atoms with Gasteiger partial charge in [-0.15, -0.1) is 0 Å². The third-order valence-electron chi connectivity index (χ3n) is 2.41. The summed E-state index contributed by atoms with van der Waals surface area (Å²) < 4.78 is 5.17. The van der Waals surface area contributed by atoms with E-state index in [4.69, 9.17) is 9.78 Å². The molecule has 0 aliphatic rings. The smallest absolute Gasteiger partial charge is 0.231 e. The molecule has 2 aromatic rings. The van der Waals surface area contributed by atoms with Gasteiger partial charge in [-0.3, -0.25) is 0 Å². The van der Waals surface area contributed by atoms with Crippen molar-refractivity contribution in [2.75, 3.05) is 14.1 Å². The van der Waals surface area contributed by atoms with Gasteiger partial charge in [-0.25, -0.2) is 0 Å². The van der Waals surface area contributed by atoms with Crippen molar-refractivity contribution in [1.29, 1.82) is 5.26 Å². The molecule has 0 saturated carbocycles. The first kappa shape index (κ1) is 12.3. The Labute approximate surface area is 106 Å². The topological polar surface area (TPSA) is 66.0 Å². The fraction of sp³-hybridized carbons (Fsp3) is 0.308. The van der Waals surface area contributed by atoms with Crippen LogP contribution in [0.3, 0.4) is 0 Å². The Morgan fingerprint density at radius 2 is 2.00 bits per heavy atom. The van der Waals surface area contributed by atoms with Crippen molar-refractivity contribution in [1.82, 2.24) is 15.0 Å². The lowest BCUT2D eigenvalue weighted by Gasteiger charge is -2.03. The zero-order valence-electron chi connectivity index (χ0n) is 10.4. The van der Waals surface area contributed by atoms with Gasteiger partial charge in [0.2, 0.25) is 5.89 Å². The van der Waals surface area contributed by atoms with Gasteiger partial charge in [-0.2, -0.15) is 10.2 Å². The molecule has 1 aromatic heterocycles. The highest BCUT2D eigenvalue weighted by molar-refractivity contribution is 5.32. The Morgan fingerprint density at radius 1 is 1.28 bits per heavy atom. The zero-order chi connectivity index (χ0) is 13.0. The summed E-state index contributed by atoms with van der Waals surface area (Å²) in [6.07, 6.45) is 0.589. The van der Waals surface area contributed by atoms with E-state index in [2.05, 4.69) is 16.2 Å². The number of hydrogen-bond donors (Lipinski definition) is 0. The fourth-order valence-electron chi connectivity index (χ4n) is 1.58. The van der Waals surface area contributed by atoms with E-state index in [0.29, 0.717) is 30.2 Å². The molecule has 0 saturated heterocycles. The maximum atomic E-state index is 8.71. The van der Waals surface area contributed by atoms with Crippen LogP contribution < -0.4 is 0 Å². The summed E-state index contributed by atoms with van der Waals surface area (Å²) in [6, 6.07) is 9.45. The second-order valence-corrected chi connectivity index (χ2v) is 4.33. The van der Waals surface area contributed by atoms with Crippen molar-refractivity contribution >= 4 is 0 Å². The summed E-state index contributed by atoms with van der Waals surface area (Å²) in [7, 11) is 3.91. The lowest BCUT2D eigenvalue weighted by atomic mass is 10.1. The van der Waals surface area contributed by atoms with E-state index in [-0.39, 0.29) is 0 Å². The minimum absolute atomic E-state index is 0.589. The van der Waals surface area contributed by atoms with Gasteiger partial charge < -0.3 is 9.42 Å². The van der Waals surface area contributed by atoms with E-state index in [0.717, 1.165) is 5.56 Å². The number of hydrogen-bond acceptors (Lipinski definition) is 5. The first-order chi connectivity index (χ1) is 8.67. The normalized spacial score (nSPS) is 10.6. The molecule has 92 valence electrons. The largest absolute Gasteiger partial charge is 0.339 e. The highest BCUT2D eigenvalue weighted by Gasteiger charge is 2.07. The second kappa shape index (κ2) is 5.43. The van der Waals surface area contributed by atoms with Crippen LogP contribution in [-0.2, 0) is 13.0 Å². The molecule has 2 rings (SSSR count). The van der Waals surface area contributed by atoms with Crippen LogP contribution >= 0.6 is 0 Å². The maximum Gasteiger partial charge on any atom is 0.231 e. The third-order valence-corrected chi connectivity index (χ3v) is 2.41. The van der Waals surface area contributed by atoms with Gasteiger partial charge in [-0.1, -0.05) is 17.3 Å². The molecule has 0 atom stereocenters. The molecular weight excluding hydrogens is 228 g/mol. The zero-order valence-corrected chi connectivity index (χ0v) is 10.4. The predicted molar refractivity (Wildman–Crippen MR) is 65.7 cm³/mol. The second-order valence-electron chi connectivity index (χ2n) is 4.33. The molecule has 0 unspecified atom stereocenters. The Hall–Kier alpha value is -2.19. The number of nitrogens with zero attached hydrogens (tertiary/aromatic N) is 4. The summed E-state index contributed by atoms with van der Waals surface area (Å²) in [5.41, 5.74) is 1.70. The SMILES string of the molecule is CN(C)Cc1noc(Cc2ccc(C#N)cc2)n1. The molecule has 0 aliphatic heterocycles. The number of nitriles is 1. The van der Waals surface area contributed by atoms with Gasteiger partial charge >= 0.3 is 0 Å². The first-order valence-corrected chi connectivity index (χ1v) is 5.62. The van der Waals surface area contributed by atoms with Gasteiger partial charge in [0.25, 0.3) is 0 Å². The summed E-state index contributed by atoms with van der Waals surface area (Å²) in [6.45, 7) is 0.664. The highest BCUT2D eigenvalue weighted by atomic mass is 16.5. The van der Waals surface area contributed by atoms with E-state index in [1.807, 2.05) is 31.1 Å². The molecule has 0 N–H and O–H groups in total. The molecule has 1 aromatic carbocycles. The van der Waals surface area contributed by atoms with Crippen molar-refractivity contribution in [2.45, 2.75) is 13.0 Å². The summed E-state index contributed by atoms with van der Waals surface area (Å²) >= 11 is 0. The van der Waals surface area contributed by atoms with E-state index < -0.39 is 0 Å². The summed E-state index contributed by atoms with van der Waals surface area (Å²) in [5.74, 6) is 1.28. The molecular formula is C13H14N4O. The van der Waals surface area contributed by atoms with Crippen LogP contribution in [0.25, 0.3) is 0 Å². The first-order valence-electron chi connectivity index (χ1n) is 5.62. The molecule has 1 heterocycles. The molecule has 5 nitrogen and oxygen atoms in total. The van der Waals surface area contributed by atoms with Gasteiger partial charge in [0.1, 0.15) is 0 Å². The van der Waals surface area contributed by atoms with E-state index >= 15 is 0 Å². The molecule has 18 heavy (non-hydrogen) atoms. The van der Waals surface area contributed by atoms with Gasteiger partial charge in [0, 0.05) is 0 Å². The predicted octanol–water partition coefficient (Wildman–Crippen LogP) is 1.59. The van der Waals surface area contributed by atoms with Crippen molar-refractivity contribution in [3.8, 4) is 6.07 Å². The quantitative estimate of drug-likeness (QED) is 0.814. The Bertz CT molecular complexity index is 551. The van der Waals surface area contributed by atoms with Crippen molar-refractivity contribution in [3.63, 3.8) is 0 Å². The highest BCUT2D eigenvalue weighted by Crippen LogP contribution is 2.09. The van der Waals surface area contributed by atoms with Crippen LogP contribution in [-0.4, -0.2) is 29.1 Å². The van der Waals surface area contributed by atoms with Crippen LogP contribution in [0.5, 0.6) is 0 Å². The lowest BCUT2D eigenvalue weighted by molar-refractivity contribution is 0.352. The van der Waals surface area contributed by atoms with E-state index in [9.17, 15) is 0 Å². The molecule has 0 spiro atoms. The number of benzene rings is 1. The van der Waals surface area contributed by atoms with Gasteiger partial charge in [0.05, 0.1) is 24.6 Å². The van der Waals surface area contributed by atoms with E-state index in [1.54, 1.807) is 12.1 Å². The minimum Gasteiger partial charge on any atom is -0.339 e. The molecule has 0 fully saturated rings. The minimum atomic E-state index is 0.589. The van der Waals surface area contributed by atoms with Crippen LogP contribution in [0.2, 0.25) is 0 Å². The Morgan fingerprint density at radius 3 is 2.61 bits per heavy atom. The Balaban J connectivity index is 2.04. The van der Waals surface area contributed by atoms with Gasteiger partial charge in [-0.05, 0) is 31.8 Å². The molecule has 5 heteroatoms. The monoisotopic (exact) mass is 242 g/mol. The average Bonchev–Trinajstić information content (AvgIpc) is 2.76. The Kier molecular flexibility index (Phi) is 3.70. The van der Waals surface area contributed by atoms with Crippen LogP contribution in [0, 0.1) is 11.3 Å². The van der Waals surface area contributed by atoms with Crippen LogP contribution in [0.4, 0.5) is 0 Å². The standard InChI is InChI=1S/C13H14N4O/c1-17(2)9-12-15-13(18-16-12)7-10-3-5-11(8-14)6-4-10/h3-6H,7,9H2,1-2H3. The van der Waals surface area contributed by atoms with Crippen LogP contribution in [0.15, 0.2) is 28.8 Å². The summed E-state index contributed by atoms with van der Waals surface area (Å²) in [5, 5.41) is 12.6. The van der Waals surface area contributed by atoms with E-state index in [1.165, 1.54) is 0 Å². The molecule has 0 amide bonds. The fourth-order valence-corrected chi connectivity index (χ4v) is 1.58. The summed E-state index contributed by atoms with van der Waals surface area (Å²) in [4.78, 5) is 6.29. The maximum absolute atomic E-state index is 8.71. The molecule has 0 radical (unpaired) electrons. The van der Waals surface area contributed by atoms with Crippen molar-refractivity contribution in [2.24, 2.45) is 0 Å². The number of rotatable bonds is 4. The average molecular weight is 242 g/mol. The van der Waals surface area contributed by atoms with Crippen LogP contribution in [0.1, 0.15) is 22.8 Å². The third kappa shape index (κ3) is 3.15.